The number of nitrogens with one attached hydrogen (secondary N) is 1. The zero-order valence-corrected chi connectivity index (χ0v) is 14.6. The van der Waals surface area contributed by atoms with Crippen LogP contribution in [0.4, 0.5) is 0 Å². The van der Waals surface area contributed by atoms with E-state index in [0.717, 1.165) is 24.1 Å². The lowest BCUT2D eigenvalue weighted by Crippen LogP contribution is -2.56. The number of aliphatic carboxylic acids is 1. The summed E-state index contributed by atoms with van der Waals surface area (Å²) in [7, 11) is 0. The molecule has 6 heteroatoms. The van der Waals surface area contributed by atoms with E-state index in [0.29, 0.717) is 16.1 Å². The van der Waals surface area contributed by atoms with E-state index in [2.05, 4.69) is 32.3 Å². The first kappa shape index (κ1) is 16.0. The third kappa shape index (κ3) is 2.53. The van der Waals surface area contributed by atoms with Gasteiger partial charge in [0.15, 0.2) is 0 Å². The molecular formula is C17H18BrN3O2. The lowest BCUT2D eigenvalue weighted by atomic mass is 9.62. The van der Waals surface area contributed by atoms with Gasteiger partial charge in [0.25, 0.3) is 0 Å². The molecule has 1 aliphatic carbocycles. The van der Waals surface area contributed by atoms with E-state index in [1.54, 1.807) is 19.2 Å². The SMILES string of the molecule is CC1=C(C#N)C(c2ccnc(Br)c2)C(C)(C(=O)O)C(C2CC2)N1. The summed E-state index contributed by atoms with van der Waals surface area (Å²) < 4.78 is 0.638. The van der Waals surface area contributed by atoms with Crippen LogP contribution in [-0.4, -0.2) is 22.1 Å². The molecular weight excluding hydrogens is 358 g/mol. The molecule has 1 fully saturated rings. The molecule has 0 spiro atoms. The molecule has 1 aromatic rings. The van der Waals surface area contributed by atoms with Crippen molar-refractivity contribution in [2.24, 2.45) is 11.3 Å². The van der Waals surface area contributed by atoms with Crippen molar-refractivity contribution in [3.63, 3.8) is 0 Å². The molecule has 3 atom stereocenters. The van der Waals surface area contributed by atoms with Crippen LogP contribution in [0.2, 0.25) is 0 Å². The zero-order valence-electron chi connectivity index (χ0n) is 13.0. The molecule has 0 bridgehead atoms. The first-order valence-electron chi connectivity index (χ1n) is 7.61. The van der Waals surface area contributed by atoms with E-state index in [9.17, 15) is 15.2 Å². The Bertz CT molecular complexity index is 736. The minimum atomic E-state index is -1.08. The van der Waals surface area contributed by atoms with E-state index < -0.39 is 17.3 Å². The summed E-state index contributed by atoms with van der Waals surface area (Å²) in [4.78, 5) is 16.4. The molecule has 3 unspecified atom stereocenters. The molecule has 1 saturated carbocycles. The average Bonchev–Trinajstić information content (AvgIpc) is 3.33. The smallest absolute Gasteiger partial charge is 0.312 e. The van der Waals surface area contributed by atoms with Crippen molar-refractivity contribution in [2.75, 3.05) is 0 Å². The molecule has 1 aliphatic heterocycles. The number of pyridine rings is 1. The number of carboxylic acid groups (broad SMARTS) is 1. The second-order valence-corrected chi connectivity index (χ2v) is 7.36. The van der Waals surface area contributed by atoms with Gasteiger partial charge in [-0.05, 0) is 66.2 Å². The molecule has 0 saturated heterocycles. The number of hydrogen-bond acceptors (Lipinski definition) is 4. The topological polar surface area (TPSA) is 86.0 Å². The highest BCUT2D eigenvalue weighted by atomic mass is 79.9. The summed E-state index contributed by atoms with van der Waals surface area (Å²) in [5.74, 6) is -1.02. The van der Waals surface area contributed by atoms with Gasteiger partial charge in [0, 0.05) is 23.9 Å². The maximum Gasteiger partial charge on any atom is 0.312 e. The number of rotatable bonds is 3. The summed E-state index contributed by atoms with van der Waals surface area (Å²) in [5.41, 5.74) is 0.998. The highest BCUT2D eigenvalue weighted by molar-refractivity contribution is 9.10. The predicted octanol–water partition coefficient (Wildman–Crippen LogP) is 3.20. The number of hydrogen-bond donors (Lipinski definition) is 2. The monoisotopic (exact) mass is 375 g/mol. The van der Waals surface area contributed by atoms with E-state index >= 15 is 0 Å². The van der Waals surface area contributed by atoms with Crippen LogP contribution in [0.25, 0.3) is 0 Å². The third-order valence-corrected chi connectivity index (χ3v) is 5.50. The van der Waals surface area contributed by atoms with E-state index in [1.807, 2.05) is 13.0 Å². The van der Waals surface area contributed by atoms with Gasteiger partial charge in [-0.1, -0.05) is 0 Å². The first-order valence-corrected chi connectivity index (χ1v) is 8.41. The van der Waals surface area contributed by atoms with Gasteiger partial charge >= 0.3 is 5.97 Å². The minimum Gasteiger partial charge on any atom is -0.481 e. The van der Waals surface area contributed by atoms with Crippen LogP contribution in [0.5, 0.6) is 0 Å². The van der Waals surface area contributed by atoms with Crippen LogP contribution in [0, 0.1) is 22.7 Å². The third-order valence-electron chi connectivity index (χ3n) is 5.07. The molecule has 2 aliphatic rings. The van der Waals surface area contributed by atoms with Crippen LogP contribution in [-0.2, 0) is 4.79 Å². The number of nitriles is 1. The first-order chi connectivity index (χ1) is 10.9. The van der Waals surface area contributed by atoms with Gasteiger partial charge in [-0.3, -0.25) is 4.79 Å². The van der Waals surface area contributed by atoms with Crippen molar-refractivity contribution in [3.8, 4) is 6.07 Å². The summed E-state index contributed by atoms with van der Waals surface area (Å²) in [6.07, 6.45) is 3.70. The van der Waals surface area contributed by atoms with Gasteiger partial charge in [0.1, 0.15) is 4.60 Å². The lowest BCUT2D eigenvalue weighted by Gasteiger charge is -2.45. The Hall–Kier alpha value is -1.87. The van der Waals surface area contributed by atoms with Crippen molar-refractivity contribution >= 4 is 21.9 Å². The van der Waals surface area contributed by atoms with Crippen molar-refractivity contribution < 1.29 is 9.90 Å². The van der Waals surface area contributed by atoms with E-state index in [4.69, 9.17) is 0 Å². The van der Waals surface area contributed by atoms with Gasteiger partial charge < -0.3 is 10.4 Å². The predicted molar refractivity (Wildman–Crippen MR) is 88.4 cm³/mol. The maximum absolute atomic E-state index is 12.3. The molecule has 0 radical (unpaired) electrons. The second-order valence-electron chi connectivity index (χ2n) is 6.54. The van der Waals surface area contributed by atoms with Crippen LogP contribution in [0.1, 0.15) is 38.2 Å². The van der Waals surface area contributed by atoms with Crippen LogP contribution < -0.4 is 5.32 Å². The summed E-state index contributed by atoms with van der Waals surface area (Å²) in [5, 5.41) is 23.0. The molecule has 2 heterocycles. The highest BCUT2D eigenvalue weighted by Gasteiger charge is 2.57. The largest absolute Gasteiger partial charge is 0.481 e. The maximum atomic E-state index is 12.3. The fraction of sp³-hybridized carbons (Fsp3) is 0.471. The molecule has 3 rings (SSSR count). The van der Waals surface area contributed by atoms with Gasteiger partial charge in [-0.25, -0.2) is 4.98 Å². The van der Waals surface area contributed by atoms with E-state index in [-0.39, 0.29) is 6.04 Å². The van der Waals surface area contributed by atoms with Crippen molar-refractivity contribution in [1.82, 2.24) is 10.3 Å². The Morgan fingerprint density at radius 1 is 1.57 bits per heavy atom. The fourth-order valence-corrected chi connectivity index (χ4v) is 4.09. The Labute approximate surface area is 143 Å². The Kier molecular flexibility index (Phi) is 3.93. The molecule has 23 heavy (non-hydrogen) atoms. The molecule has 5 nitrogen and oxygen atoms in total. The van der Waals surface area contributed by atoms with E-state index in [1.165, 1.54) is 0 Å². The number of carbonyl (C=O) groups is 1. The van der Waals surface area contributed by atoms with Crippen molar-refractivity contribution in [1.29, 1.82) is 5.26 Å². The fourth-order valence-electron chi connectivity index (χ4n) is 3.71. The average molecular weight is 376 g/mol. The summed E-state index contributed by atoms with van der Waals surface area (Å²) >= 11 is 3.34. The lowest BCUT2D eigenvalue weighted by molar-refractivity contribution is -0.151. The Balaban J connectivity index is 2.22. The van der Waals surface area contributed by atoms with Gasteiger partial charge in [-0.2, -0.15) is 5.26 Å². The Morgan fingerprint density at radius 2 is 2.26 bits per heavy atom. The quantitative estimate of drug-likeness (QED) is 0.792. The van der Waals surface area contributed by atoms with Crippen molar-refractivity contribution in [3.05, 3.63) is 39.8 Å². The molecule has 0 amide bonds. The molecule has 2 N–H and O–H groups in total. The Morgan fingerprint density at radius 3 is 2.78 bits per heavy atom. The van der Waals surface area contributed by atoms with Crippen molar-refractivity contribution in [2.45, 2.75) is 38.6 Å². The summed E-state index contributed by atoms with van der Waals surface area (Å²) in [6.45, 7) is 3.62. The van der Waals surface area contributed by atoms with Gasteiger partial charge in [0.2, 0.25) is 0 Å². The second kappa shape index (κ2) is 5.64. The zero-order chi connectivity index (χ0) is 16.8. The number of aromatic nitrogens is 1. The van der Waals surface area contributed by atoms with Crippen LogP contribution in [0.15, 0.2) is 34.2 Å². The number of carboxylic acids is 1. The molecule has 0 aromatic carbocycles. The molecule has 120 valence electrons. The van der Waals surface area contributed by atoms with Gasteiger partial charge in [0.05, 0.1) is 17.1 Å². The number of allylic oxidation sites excluding steroid dienone is 2. The minimum absolute atomic E-state index is 0.172. The standard InChI is InChI=1S/C17H18BrN3O2/c1-9-12(8-19)14(11-5-6-20-13(18)7-11)17(2,16(22)23)15(21-9)10-3-4-10/h5-7,10,14-15,21H,3-4H2,1-2H3,(H,22,23). The molecule has 1 aromatic heterocycles. The number of halogens is 1. The van der Waals surface area contributed by atoms with Gasteiger partial charge in [-0.15, -0.1) is 0 Å². The number of nitrogens with zero attached hydrogens (tertiary/aromatic N) is 2. The highest BCUT2D eigenvalue weighted by Crippen LogP contribution is 2.53. The van der Waals surface area contributed by atoms with Crippen LogP contribution in [0.3, 0.4) is 0 Å². The summed E-state index contributed by atoms with van der Waals surface area (Å²) in [6, 6.07) is 5.67. The van der Waals surface area contributed by atoms with Crippen LogP contribution >= 0.6 is 15.9 Å². The normalized spacial score (nSPS) is 30.5.